The predicted molar refractivity (Wildman–Crippen MR) is 75.0 cm³/mol. The van der Waals surface area contributed by atoms with Crippen molar-refractivity contribution in [2.24, 2.45) is 0 Å². The van der Waals surface area contributed by atoms with Gasteiger partial charge in [0.15, 0.2) is 0 Å². The number of aryl methyl sites for hydroxylation is 2. The van der Waals surface area contributed by atoms with E-state index in [9.17, 15) is 0 Å². The monoisotopic (exact) mass is 239 g/mol. The number of pyridine rings is 1. The molecule has 0 saturated heterocycles. The molecule has 18 heavy (non-hydrogen) atoms. The summed E-state index contributed by atoms with van der Waals surface area (Å²) in [6.07, 6.45) is 4.20. The highest BCUT2D eigenvalue weighted by Gasteiger charge is 2.23. The lowest BCUT2D eigenvalue weighted by Crippen LogP contribution is -2.19. The Labute approximate surface area is 109 Å². The molecule has 1 aromatic heterocycles. The first-order valence-corrected chi connectivity index (χ1v) is 6.40. The minimum Gasteiger partial charge on any atom is -0.380 e. The summed E-state index contributed by atoms with van der Waals surface area (Å²) in [5.74, 6) is 0. The van der Waals surface area contributed by atoms with Crippen LogP contribution in [0.3, 0.4) is 0 Å². The normalized spacial score (nSPS) is 15.3. The Bertz CT molecular complexity index is 574. The summed E-state index contributed by atoms with van der Waals surface area (Å²) >= 11 is 0. The number of rotatable bonds is 2. The zero-order valence-electron chi connectivity index (χ0n) is 11.8. The maximum absolute atomic E-state index is 7.40. The Hall–Kier alpha value is -1.83. The quantitative estimate of drug-likeness (QED) is 0.870. The van der Waals surface area contributed by atoms with Crippen LogP contribution in [0.4, 0.5) is 5.69 Å². The Morgan fingerprint density at radius 1 is 1.17 bits per heavy atom. The number of hydrogen-bond acceptors (Lipinski definition) is 2. The third-order valence-electron chi connectivity index (χ3n) is 3.79. The third-order valence-corrected chi connectivity index (χ3v) is 3.79. The number of fused-ring (bicyclic) bond motifs is 1. The number of nitrogens with zero attached hydrogens (tertiary/aromatic N) is 1. The molecule has 2 heteroatoms. The van der Waals surface area contributed by atoms with Gasteiger partial charge in [-0.05, 0) is 61.1 Å². The first-order valence-electron chi connectivity index (χ1n) is 6.90. The Morgan fingerprint density at radius 2 is 1.83 bits per heavy atom. The highest BCUT2D eigenvalue weighted by atomic mass is 14.9. The lowest BCUT2D eigenvalue weighted by atomic mass is 10.0. The molecular formula is C16H18N2. The van der Waals surface area contributed by atoms with Crippen molar-refractivity contribution in [3.63, 3.8) is 0 Å². The molecule has 1 N–H and O–H groups in total. The first-order chi connectivity index (χ1) is 9.13. The van der Waals surface area contributed by atoms with Crippen LogP contribution >= 0.6 is 0 Å². The van der Waals surface area contributed by atoms with Crippen molar-refractivity contribution < 1.29 is 1.37 Å². The van der Waals surface area contributed by atoms with E-state index in [0.29, 0.717) is 12.2 Å². The first kappa shape index (κ1) is 10.1. The lowest BCUT2D eigenvalue weighted by molar-refractivity contribution is 0.771. The van der Waals surface area contributed by atoms with Gasteiger partial charge in [-0.3, -0.25) is 4.98 Å². The highest BCUT2D eigenvalue weighted by Crippen LogP contribution is 2.29. The van der Waals surface area contributed by atoms with E-state index in [1.54, 1.807) is 12.3 Å². The van der Waals surface area contributed by atoms with Gasteiger partial charge in [0, 0.05) is 18.4 Å². The van der Waals surface area contributed by atoms with Crippen LogP contribution in [0.25, 0.3) is 0 Å². The van der Waals surface area contributed by atoms with Crippen molar-refractivity contribution >= 4 is 5.69 Å². The highest BCUT2D eigenvalue weighted by molar-refractivity contribution is 5.48. The lowest BCUT2D eigenvalue weighted by Gasteiger charge is -2.12. The van der Waals surface area contributed by atoms with Gasteiger partial charge in [-0.15, -0.1) is 0 Å². The summed E-state index contributed by atoms with van der Waals surface area (Å²) in [4.78, 5) is 4.01. The molecule has 3 rings (SSSR count). The van der Waals surface area contributed by atoms with Gasteiger partial charge in [0.1, 0.15) is 0 Å². The van der Waals surface area contributed by atoms with Gasteiger partial charge in [-0.25, -0.2) is 0 Å². The molecule has 1 aliphatic rings. The van der Waals surface area contributed by atoms with Crippen LogP contribution in [-0.2, 0) is 12.8 Å². The predicted octanol–water partition coefficient (Wildman–Crippen LogP) is 3.28. The average molecular weight is 239 g/mol. The van der Waals surface area contributed by atoms with E-state index in [2.05, 4.69) is 36.3 Å². The van der Waals surface area contributed by atoms with E-state index >= 15 is 0 Å². The zero-order valence-corrected chi connectivity index (χ0v) is 10.8. The van der Waals surface area contributed by atoms with Crippen molar-refractivity contribution in [1.82, 2.24) is 4.98 Å². The second-order valence-electron chi connectivity index (χ2n) is 5.08. The molecule has 0 radical (unpaired) electrons. The van der Waals surface area contributed by atoms with Crippen molar-refractivity contribution in [2.75, 3.05) is 5.32 Å². The largest absolute Gasteiger partial charge is 0.380 e. The Kier molecular flexibility index (Phi) is 2.50. The van der Waals surface area contributed by atoms with E-state index in [4.69, 9.17) is 1.37 Å². The van der Waals surface area contributed by atoms with Crippen LogP contribution in [0.15, 0.2) is 36.6 Å². The summed E-state index contributed by atoms with van der Waals surface area (Å²) in [5.41, 5.74) is 6.79. The molecule has 0 bridgehead atoms. The molecule has 0 fully saturated rings. The molecule has 0 saturated carbocycles. The molecule has 0 unspecified atom stereocenters. The molecule has 1 aromatic carbocycles. The minimum atomic E-state index is 0.312. The molecular weight excluding hydrogens is 220 g/mol. The molecule has 2 aromatic rings. The van der Waals surface area contributed by atoms with Crippen molar-refractivity contribution in [1.29, 1.82) is 0 Å². The van der Waals surface area contributed by atoms with Gasteiger partial charge in [-0.2, -0.15) is 0 Å². The van der Waals surface area contributed by atoms with Crippen molar-refractivity contribution in [3.8, 4) is 0 Å². The van der Waals surface area contributed by atoms with Crippen LogP contribution in [0.2, 0.25) is 0 Å². The summed E-state index contributed by atoms with van der Waals surface area (Å²) in [7, 11) is 0. The number of nitrogens with one attached hydrogen (secondary N) is 1. The SMILES string of the molecule is [2H]c1ccc(NC2Cc3c(C)ccc(C)c3C2)cn1. The van der Waals surface area contributed by atoms with Crippen LogP contribution in [0, 0.1) is 13.8 Å². The molecule has 0 aliphatic heterocycles. The van der Waals surface area contributed by atoms with E-state index in [1.165, 1.54) is 22.3 Å². The van der Waals surface area contributed by atoms with Crippen LogP contribution in [0.5, 0.6) is 0 Å². The van der Waals surface area contributed by atoms with Crippen molar-refractivity contribution in [2.45, 2.75) is 32.7 Å². The number of anilines is 1. The maximum atomic E-state index is 7.40. The number of hydrogen-bond donors (Lipinski definition) is 1. The fourth-order valence-corrected chi connectivity index (χ4v) is 2.80. The number of benzene rings is 1. The molecule has 1 aliphatic carbocycles. The van der Waals surface area contributed by atoms with Gasteiger partial charge in [0.2, 0.25) is 0 Å². The standard InChI is InChI=1S/C16H18N2/c1-11-5-6-12(2)16-9-14(8-15(11)16)18-13-4-3-7-17-10-13/h3-7,10,14,18H,8-9H2,1-2H3/i7D. The maximum Gasteiger partial charge on any atom is 0.0840 e. The zero-order chi connectivity index (χ0) is 13.4. The van der Waals surface area contributed by atoms with Gasteiger partial charge < -0.3 is 5.32 Å². The smallest absolute Gasteiger partial charge is 0.0840 e. The fourth-order valence-electron chi connectivity index (χ4n) is 2.80. The fraction of sp³-hybridized carbons (Fsp3) is 0.312. The van der Waals surface area contributed by atoms with Crippen LogP contribution in [0.1, 0.15) is 23.6 Å². The second-order valence-corrected chi connectivity index (χ2v) is 5.08. The molecule has 2 nitrogen and oxygen atoms in total. The summed E-state index contributed by atoms with van der Waals surface area (Å²) in [6, 6.07) is 8.52. The van der Waals surface area contributed by atoms with Crippen LogP contribution < -0.4 is 5.32 Å². The Balaban J connectivity index is 1.79. The van der Waals surface area contributed by atoms with Crippen molar-refractivity contribution in [3.05, 3.63) is 58.9 Å². The van der Waals surface area contributed by atoms with Gasteiger partial charge in [0.25, 0.3) is 0 Å². The van der Waals surface area contributed by atoms with E-state index in [-0.39, 0.29) is 0 Å². The third kappa shape index (κ3) is 1.99. The number of aromatic nitrogens is 1. The average Bonchev–Trinajstić information content (AvgIpc) is 2.82. The molecule has 1 heterocycles. The Morgan fingerprint density at radius 3 is 2.39 bits per heavy atom. The molecule has 0 atom stereocenters. The topological polar surface area (TPSA) is 24.9 Å². The van der Waals surface area contributed by atoms with Gasteiger partial charge >= 0.3 is 0 Å². The van der Waals surface area contributed by atoms with E-state index < -0.39 is 0 Å². The summed E-state index contributed by atoms with van der Waals surface area (Å²) in [5, 5.41) is 3.52. The van der Waals surface area contributed by atoms with Gasteiger partial charge in [0.05, 0.1) is 7.06 Å². The van der Waals surface area contributed by atoms with Gasteiger partial charge in [-0.1, -0.05) is 12.1 Å². The second kappa shape index (κ2) is 4.45. The van der Waals surface area contributed by atoms with E-state index in [1.807, 2.05) is 6.07 Å². The minimum absolute atomic E-state index is 0.312. The summed E-state index contributed by atoms with van der Waals surface area (Å²) in [6.45, 7) is 4.38. The summed E-state index contributed by atoms with van der Waals surface area (Å²) < 4.78 is 7.40. The molecule has 92 valence electrons. The molecule has 0 spiro atoms. The van der Waals surface area contributed by atoms with Crippen LogP contribution in [-0.4, -0.2) is 11.0 Å². The van der Waals surface area contributed by atoms with E-state index in [0.717, 1.165) is 18.5 Å². The molecule has 0 amide bonds.